The van der Waals surface area contributed by atoms with Crippen LogP contribution in [0.2, 0.25) is 0 Å². The molecule has 0 spiro atoms. The maximum atomic E-state index is 12.3. The molecule has 2 N–H and O–H groups in total. The van der Waals surface area contributed by atoms with Crippen LogP contribution in [-0.4, -0.2) is 17.9 Å². The van der Waals surface area contributed by atoms with E-state index in [1.54, 1.807) is 18.2 Å². The van der Waals surface area contributed by atoms with Gasteiger partial charge in [-0.2, -0.15) is 0 Å². The summed E-state index contributed by atoms with van der Waals surface area (Å²) in [5, 5.41) is 5.74. The number of ether oxygens (including phenoxy) is 1. The van der Waals surface area contributed by atoms with Gasteiger partial charge in [0.1, 0.15) is 5.75 Å². The van der Waals surface area contributed by atoms with Crippen molar-refractivity contribution in [2.75, 3.05) is 5.32 Å². The molecular formula is C26H28N2O4. The molecular weight excluding hydrogens is 404 g/mol. The molecule has 0 bridgehead atoms. The van der Waals surface area contributed by atoms with E-state index in [-0.39, 0.29) is 17.6 Å². The van der Waals surface area contributed by atoms with Gasteiger partial charge in [0.2, 0.25) is 5.91 Å². The molecule has 0 saturated heterocycles. The molecule has 0 atom stereocenters. The van der Waals surface area contributed by atoms with Gasteiger partial charge in [-0.05, 0) is 79.6 Å². The molecule has 1 fully saturated rings. The highest BCUT2D eigenvalue weighted by Gasteiger charge is 2.16. The minimum atomic E-state index is -0.310. The lowest BCUT2D eigenvalue weighted by Gasteiger charge is -2.14. The molecule has 1 aliphatic carbocycles. The van der Waals surface area contributed by atoms with Crippen LogP contribution >= 0.6 is 0 Å². The van der Waals surface area contributed by atoms with E-state index in [2.05, 4.69) is 10.6 Å². The Bertz CT molecular complexity index is 1040. The van der Waals surface area contributed by atoms with Crippen molar-refractivity contribution in [1.82, 2.24) is 5.32 Å². The monoisotopic (exact) mass is 432 g/mol. The van der Waals surface area contributed by atoms with Gasteiger partial charge in [0.25, 0.3) is 5.91 Å². The number of anilines is 1. The lowest BCUT2D eigenvalue weighted by molar-refractivity contribution is -0.121. The molecule has 32 heavy (non-hydrogen) atoms. The number of nitrogens with one attached hydrogen (secondary N) is 2. The maximum Gasteiger partial charge on any atom is 0.291 e. The van der Waals surface area contributed by atoms with Gasteiger partial charge >= 0.3 is 0 Å². The summed E-state index contributed by atoms with van der Waals surface area (Å²) in [5.74, 6) is 0.817. The Balaban J connectivity index is 1.23. The van der Waals surface area contributed by atoms with E-state index in [1.807, 2.05) is 42.5 Å². The first-order valence-corrected chi connectivity index (χ1v) is 11.1. The van der Waals surface area contributed by atoms with Gasteiger partial charge in [-0.25, -0.2) is 0 Å². The predicted molar refractivity (Wildman–Crippen MR) is 123 cm³/mol. The molecule has 1 aliphatic rings. The molecule has 0 unspecified atom stereocenters. The van der Waals surface area contributed by atoms with E-state index < -0.39 is 0 Å². The Morgan fingerprint density at radius 2 is 1.78 bits per heavy atom. The number of hydrogen-bond donors (Lipinski definition) is 2. The molecule has 4 rings (SSSR count). The van der Waals surface area contributed by atoms with Gasteiger partial charge in [0.15, 0.2) is 5.76 Å². The van der Waals surface area contributed by atoms with E-state index in [4.69, 9.17) is 9.15 Å². The minimum Gasteiger partial charge on any atom is -0.490 e. The van der Waals surface area contributed by atoms with Crippen molar-refractivity contribution in [2.24, 2.45) is 0 Å². The lowest BCUT2D eigenvalue weighted by Crippen LogP contribution is -2.23. The summed E-state index contributed by atoms with van der Waals surface area (Å²) in [6, 6.07) is 18.7. The first-order chi connectivity index (χ1) is 15.7. The summed E-state index contributed by atoms with van der Waals surface area (Å²) in [6.45, 7) is 0.397. The highest BCUT2D eigenvalue weighted by atomic mass is 16.5. The normalized spacial score (nSPS) is 13.6. The van der Waals surface area contributed by atoms with E-state index in [0.29, 0.717) is 31.2 Å². The summed E-state index contributed by atoms with van der Waals surface area (Å²) in [6.07, 6.45) is 7.58. The number of aryl methyl sites for hydroxylation is 1. The molecule has 1 aromatic heterocycles. The first-order valence-electron chi connectivity index (χ1n) is 11.1. The molecule has 2 amide bonds. The third-order valence-electron chi connectivity index (χ3n) is 5.56. The van der Waals surface area contributed by atoms with Crippen molar-refractivity contribution in [3.05, 3.63) is 83.8 Å². The molecule has 3 aromatic rings. The van der Waals surface area contributed by atoms with Crippen molar-refractivity contribution < 1.29 is 18.7 Å². The molecule has 0 radical (unpaired) electrons. The topological polar surface area (TPSA) is 80.6 Å². The summed E-state index contributed by atoms with van der Waals surface area (Å²) in [7, 11) is 0. The highest BCUT2D eigenvalue weighted by molar-refractivity contribution is 6.02. The number of benzene rings is 2. The van der Waals surface area contributed by atoms with Crippen LogP contribution in [0.4, 0.5) is 5.69 Å². The molecule has 2 aromatic carbocycles. The number of rotatable bonds is 9. The van der Waals surface area contributed by atoms with Crippen molar-refractivity contribution >= 4 is 17.5 Å². The summed E-state index contributed by atoms with van der Waals surface area (Å²) < 4.78 is 11.2. The Hall–Kier alpha value is -3.54. The molecule has 1 saturated carbocycles. The van der Waals surface area contributed by atoms with Gasteiger partial charge < -0.3 is 19.8 Å². The van der Waals surface area contributed by atoms with E-state index in [1.165, 1.54) is 19.1 Å². The highest BCUT2D eigenvalue weighted by Crippen LogP contribution is 2.25. The average molecular weight is 433 g/mol. The van der Waals surface area contributed by atoms with Crippen molar-refractivity contribution in [2.45, 2.75) is 51.2 Å². The molecule has 0 aliphatic heterocycles. The Morgan fingerprint density at radius 1 is 0.969 bits per heavy atom. The van der Waals surface area contributed by atoms with E-state index in [0.717, 1.165) is 29.7 Å². The zero-order chi connectivity index (χ0) is 22.2. The second kappa shape index (κ2) is 10.7. The SMILES string of the molecule is O=C(CCc1cccc(OC2CCCC2)c1)NCc1cccc(NC(=O)c2ccco2)c1. The third kappa shape index (κ3) is 6.23. The van der Waals surface area contributed by atoms with Crippen molar-refractivity contribution in [3.63, 3.8) is 0 Å². The fourth-order valence-corrected chi connectivity index (χ4v) is 3.88. The molecule has 166 valence electrons. The maximum absolute atomic E-state index is 12.3. The first kappa shape index (κ1) is 21.7. The van der Waals surface area contributed by atoms with Crippen LogP contribution in [0.15, 0.2) is 71.3 Å². The van der Waals surface area contributed by atoms with Crippen LogP contribution in [-0.2, 0) is 17.8 Å². The smallest absolute Gasteiger partial charge is 0.291 e. The number of furan rings is 1. The largest absolute Gasteiger partial charge is 0.490 e. The van der Waals surface area contributed by atoms with Crippen LogP contribution < -0.4 is 15.4 Å². The van der Waals surface area contributed by atoms with E-state index in [9.17, 15) is 9.59 Å². The minimum absolute atomic E-state index is 0.0165. The molecule has 6 nitrogen and oxygen atoms in total. The van der Waals surface area contributed by atoms with Crippen molar-refractivity contribution in [3.8, 4) is 5.75 Å². The molecule has 1 heterocycles. The van der Waals surface area contributed by atoms with Crippen LogP contribution in [0, 0.1) is 0 Å². The average Bonchev–Trinajstić information content (AvgIpc) is 3.51. The Kier molecular flexibility index (Phi) is 7.23. The van der Waals surface area contributed by atoms with Crippen LogP contribution in [0.1, 0.15) is 53.8 Å². The fraction of sp³-hybridized carbons (Fsp3) is 0.308. The summed E-state index contributed by atoms with van der Waals surface area (Å²) >= 11 is 0. The lowest BCUT2D eigenvalue weighted by atomic mass is 10.1. The van der Waals surface area contributed by atoms with Gasteiger partial charge in [-0.15, -0.1) is 0 Å². The van der Waals surface area contributed by atoms with Crippen LogP contribution in [0.5, 0.6) is 5.75 Å². The van der Waals surface area contributed by atoms with Gasteiger partial charge in [0, 0.05) is 18.7 Å². The number of carbonyl (C=O) groups is 2. The van der Waals surface area contributed by atoms with Crippen molar-refractivity contribution in [1.29, 1.82) is 0 Å². The Labute approximate surface area is 188 Å². The second-order valence-electron chi connectivity index (χ2n) is 8.08. The zero-order valence-corrected chi connectivity index (χ0v) is 18.0. The number of amides is 2. The fourth-order valence-electron chi connectivity index (χ4n) is 3.88. The van der Waals surface area contributed by atoms with Gasteiger partial charge in [0.05, 0.1) is 12.4 Å². The van der Waals surface area contributed by atoms with Gasteiger partial charge in [-0.3, -0.25) is 9.59 Å². The van der Waals surface area contributed by atoms with Gasteiger partial charge in [-0.1, -0.05) is 24.3 Å². The third-order valence-corrected chi connectivity index (χ3v) is 5.56. The Morgan fingerprint density at radius 3 is 2.59 bits per heavy atom. The van der Waals surface area contributed by atoms with E-state index >= 15 is 0 Å². The number of hydrogen-bond acceptors (Lipinski definition) is 4. The summed E-state index contributed by atoms with van der Waals surface area (Å²) in [5.41, 5.74) is 2.65. The van der Waals surface area contributed by atoms with Crippen LogP contribution in [0.3, 0.4) is 0 Å². The summed E-state index contributed by atoms with van der Waals surface area (Å²) in [4.78, 5) is 24.5. The quantitative estimate of drug-likeness (QED) is 0.493. The zero-order valence-electron chi connectivity index (χ0n) is 18.0. The molecule has 6 heteroatoms. The second-order valence-corrected chi connectivity index (χ2v) is 8.08. The standard InChI is InChI=1S/C26H28N2O4/c29-25(14-13-19-6-4-11-23(17-19)32-22-9-1-2-10-22)27-18-20-7-3-8-21(16-20)28-26(30)24-12-5-15-31-24/h3-8,11-12,15-17,22H,1-2,9-10,13-14,18H2,(H,27,29)(H,28,30). The van der Waals surface area contributed by atoms with Crippen LogP contribution in [0.25, 0.3) is 0 Å². The predicted octanol–water partition coefficient (Wildman–Crippen LogP) is 5.10. The number of carbonyl (C=O) groups excluding carboxylic acids is 2.